The molecule has 18 heavy (non-hydrogen) atoms. The van der Waals surface area contributed by atoms with E-state index in [1.54, 1.807) is 29.3 Å². The van der Waals surface area contributed by atoms with Gasteiger partial charge in [0, 0.05) is 17.3 Å². The highest BCUT2D eigenvalue weighted by Gasteiger charge is 2.33. The average Bonchev–Trinajstić information content (AvgIpc) is 2.88. The topological polar surface area (TPSA) is 51.2 Å². The molecule has 1 aromatic rings. The Morgan fingerprint density at radius 2 is 2.44 bits per heavy atom. The van der Waals surface area contributed by atoms with Gasteiger partial charge in [0.2, 0.25) is 0 Å². The summed E-state index contributed by atoms with van der Waals surface area (Å²) in [7, 11) is 1.43. The maximum absolute atomic E-state index is 11.8. The molecule has 0 radical (unpaired) electrons. The van der Waals surface area contributed by atoms with E-state index in [0.717, 1.165) is 29.5 Å². The van der Waals surface area contributed by atoms with Gasteiger partial charge < -0.3 is 10.1 Å². The van der Waals surface area contributed by atoms with Crippen LogP contribution in [0.1, 0.15) is 26.7 Å². The highest BCUT2D eigenvalue weighted by Crippen LogP contribution is 2.24. The SMILES string of the molecule is CCCNC(C)(CCSc1nccs1)C(=O)OC. The summed E-state index contributed by atoms with van der Waals surface area (Å²) in [5.41, 5.74) is -0.602. The van der Waals surface area contributed by atoms with E-state index in [0.29, 0.717) is 0 Å². The first-order valence-corrected chi connectivity index (χ1v) is 7.84. The second-order valence-electron chi connectivity index (χ2n) is 4.15. The second kappa shape index (κ2) is 7.76. The highest BCUT2D eigenvalue weighted by atomic mass is 32.2. The Bertz CT molecular complexity index is 357. The molecule has 6 heteroatoms. The van der Waals surface area contributed by atoms with Gasteiger partial charge >= 0.3 is 5.97 Å². The third-order valence-corrected chi connectivity index (χ3v) is 4.61. The number of nitrogens with zero attached hydrogens (tertiary/aromatic N) is 1. The molecule has 1 heterocycles. The van der Waals surface area contributed by atoms with E-state index in [1.165, 1.54) is 7.11 Å². The summed E-state index contributed by atoms with van der Waals surface area (Å²) in [6.45, 7) is 4.79. The van der Waals surface area contributed by atoms with Gasteiger partial charge in [0.1, 0.15) is 9.88 Å². The standard InChI is InChI=1S/C12H20N2O2S2/c1-4-6-14-12(2,10(15)16-3)5-8-17-11-13-7-9-18-11/h7,9,14H,4-6,8H2,1-3H3. The maximum atomic E-state index is 11.8. The lowest BCUT2D eigenvalue weighted by Gasteiger charge is -2.27. The Balaban J connectivity index is 2.47. The van der Waals surface area contributed by atoms with E-state index in [4.69, 9.17) is 4.74 Å². The van der Waals surface area contributed by atoms with Crippen molar-refractivity contribution in [2.24, 2.45) is 0 Å². The average molecular weight is 288 g/mol. The molecular weight excluding hydrogens is 268 g/mol. The zero-order chi connectivity index (χ0) is 13.4. The van der Waals surface area contributed by atoms with Crippen LogP contribution in [0.25, 0.3) is 0 Å². The minimum atomic E-state index is -0.602. The number of rotatable bonds is 8. The smallest absolute Gasteiger partial charge is 0.325 e. The van der Waals surface area contributed by atoms with Crippen LogP contribution < -0.4 is 5.32 Å². The summed E-state index contributed by atoms with van der Waals surface area (Å²) in [4.78, 5) is 16.0. The predicted octanol–water partition coefficient (Wildman–Crippen LogP) is 2.56. The third kappa shape index (κ3) is 4.59. The number of ether oxygens (including phenoxy) is 1. The second-order valence-corrected chi connectivity index (χ2v) is 6.38. The number of hydrogen-bond acceptors (Lipinski definition) is 6. The molecule has 0 aliphatic carbocycles. The number of hydrogen-bond donors (Lipinski definition) is 1. The van der Waals surface area contributed by atoms with Crippen LogP contribution in [-0.4, -0.2) is 35.9 Å². The number of aromatic nitrogens is 1. The Labute approximate surface area is 117 Å². The first-order chi connectivity index (χ1) is 8.62. The fraction of sp³-hybridized carbons (Fsp3) is 0.667. The van der Waals surface area contributed by atoms with Crippen LogP contribution in [0.15, 0.2) is 15.9 Å². The predicted molar refractivity (Wildman–Crippen MR) is 76.2 cm³/mol. The summed E-state index contributed by atoms with van der Waals surface area (Å²) in [6, 6.07) is 0. The summed E-state index contributed by atoms with van der Waals surface area (Å²) in [5.74, 6) is 0.645. The van der Waals surface area contributed by atoms with Crippen LogP contribution in [0.2, 0.25) is 0 Å². The lowest BCUT2D eigenvalue weighted by Crippen LogP contribution is -2.50. The van der Waals surface area contributed by atoms with Crippen molar-refractivity contribution in [2.45, 2.75) is 36.6 Å². The molecule has 0 aliphatic rings. The number of methoxy groups -OCH3 is 1. The molecule has 0 saturated carbocycles. The van der Waals surface area contributed by atoms with Gasteiger partial charge in [-0.25, -0.2) is 4.98 Å². The van der Waals surface area contributed by atoms with Gasteiger partial charge in [0.25, 0.3) is 0 Å². The lowest BCUT2D eigenvalue weighted by atomic mass is 9.99. The molecule has 1 N–H and O–H groups in total. The van der Waals surface area contributed by atoms with E-state index in [-0.39, 0.29) is 5.97 Å². The number of thioether (sulfide) groups is 1. The van der Waals surface area contributed by atoms with Gasteiger partial charge in [0.15, 0.2) is 0 Å². The van der Waals surface area contributed by atoms with Crippen molar-refractivity contribution in [2.75, 3.05) is 19.4 Å². The number of carbonyl (C=O) groups excluding carboxylic acids is 1. The van der Waals surface area contributed by atoms with E-state index < -0.39 is 5.54 Å². The van der Waals surface area contributed by atoms with Crippen molar-refractivity contribution in [1.82, 2.24) is 10.3 Å². The van der Waals surface area contributed by atoms with Crippen molar-refractivity contribution < 1.29 is 9.53 Å². The van der Waals surface area contributed by atoms with Crippen LogP contribution in [0.5, 0.6) is 0 Å². The Kier molecular flexibility index (Phi) is 6.67. The Morgan fingerprint density at radius 1 is 1.67 bits per heavy atom. The Hall–Kier alpha value is -0.590. The fourth-order valence-electron chi connectivity index (χ4n) is 1.51. The van der Waals surface area contributed by atoms with Crippen LogP contribution in [0.3, 0.4) is 0 Å². The minimum absolute atomic E-state index is 0.198. The molecule has 1 aromatic heterocycles. The Morgan fingerprint density at radius 3 is 3.00 bits per heavy atom. The maximum Gasteiger partial charge on any atom is 0.325 e. The number of thiazole rings is 1. The van der Waals surface area contributed by atoms with E-state index in [9.17, 15) is 4.79 Å². The largest absolute Gasteiger partial charge is 0.468 e. The zero-order valence-electron chi connectivity index (χ0n) is 11.1. The molecule has 0 aliphatic heterocycles. The normalized spacial score (nSPS) is 14.2. The van der Waals surface area contributed by atoms with Gasteiger partial charge in [0.05, 0.1) is 7.11 Å². The van der Waals surface area contributed by atoms with Gasteiger partial charge in [-0.2, -0.15) is 0 Å². The van der Waals surface area contributed by atoms with E-state index >= 15 is 0 Å². The fourth-order valence-corrected chi connectivity index (χ4v) is 3.38. The van der Waals surface area contributed by atoms with Crippen LogP contribution in [-0.2, 0) is 9.53 Å². The van der Waals surface area contributed by atoms with Crippen LogP contribution in [0.4, 0.5) is 0 Å². The molecule has 4 nitrogen and oxygen atoms in total. The van der Waals surface area contributed by atoms with Gasteiger partial charge in [-0.1, -0.05) is 18.7 Å². The van der Waals surface area contributed by atoms with Crippen molar-refractivity contribution in [3.8, 4) is 0 Å². The number of esters is 1. The van der Waals surface area contributed by atoms with Crippen molar-refractivity contribution in [3.63, 3.8) is 0 Å². The molecule has 0 fully saturated rings. The molecule has 0 bridgehead atoms. The zero-order valence-corrected chi connectivity index (χ0v) is 12.7. The summed E-state index contributed by atoms with van der Waals surface area (Å²) >= 11 is 3.30. The molecule has 0 saturated heterocycles. The summed E-state index contributed by atoms with van der Waals surface area (Å²) in [5, 5.41) is 5.23. The van der Waals surface area contributed by atoms with Crippen LogP contribution in [0, 0.1) is 0 Å². The molecule has 102 valence electrons. The molecule has 0 spiro atoms. The highest BCUT2D eigenvalue weighted by molar-refractivity contribution is 8.00. The molecule has 1 rings (SSSR count). The number of carbonyl (C=O) groups is 1. The van der Waals surface area contributed by atoms with Gasteiger partial charge in [-0.15, -0.1) is 11.3 Å². The summed E-state index contributed by atoms with van der Waals surface area (Å²) in [6.07, 6.45) is 3.51. The van der Waals surface area contributed by atoms with Gasteiger partial charge in [-0.3, -0.25) is 4.79 Å². The molecule has 1 atom stereocenters. The molecule has 0 amide bonds. The first-order valence-electron chi connectivity index (χ1n) is 5.98. The van der Waals surface area contributed by atoms with E-state index in [1.807, 2.05) is 12.3 Å². The molecular formula is C12H20N2O2S2. The molecule has 1 unspecified atom stereocenters. The summed E-state index contributed by atoms with van der Waals surface area (Å²) < 4.78 is 5.92. The molecule has 0 aromatic carbocycles. The van der Waals surface area contributed by atoms with Crippen molar-refractivity contribution in [3.05, 3.63) is 11.6 Å². The number of nitrogens with one attached hydrogen (secondary N) is 1. The minimum Gasteiger partial charge on any atom is -0.468 e. The van der Waals surface area contributed by atoms with E-state index in [2.05, 4.69) is 17.2 Å². The van der Waals surface area contributed by atoms with Gasteiger partial charge in [-0.05, 0) is 26.3 Å². The van der Waals surface area contributed by atoms with Crippen LogP contribution >= 0.6 is 23.1 Å². The quantitative estimate of drug-likeness (QED) is 0.588. The lowest BCUT2D eigenvalue weighted by molar-refractivity contribution is -0.148. The van der Waals surface area contributed by atoms with Crippen molar-refractivity contribution >= 4 is 29.1 Å². The monoisotopic (exact) mass is 288 g/mol. The van der Waals surface area contributed by atoms with Crippen molar-refractivity contribution in [1.29, 1.82) is 0 Å². The third-order valence-electron chi connectivity index (χ3n) is 2.64. The first kappa shape index (κ1) is 15.5.